The molecule has 8 nitrogen and oxygen atoms in total. The van der Waals surface area contributed by atoms with E-state index in [2.05, 4.69) is 16.7 Å². The summed E-state index contributed by atoms with van der Waals surface area (Å²) in [7, 11) is 0. The molecule has 1 aliphatic rings. The molecule has 240 valence electrons. The van der Waals surface area contributed by atoms with Gasteiger partial charge in [-0.25, -0.2) is 4.79 Å². The molecule has 0 bridgehead atoms. The van der Waals surface area contributed by atoms with Gasteiger partial charge in [0.05, 0.1) is 23.6 Å². The molecule has 46 heavy (non-hydrogen) atoms. The molecule has 0 spiro atoms. The standard InChI is InChI=1S/C38H43N3O5/c1-24-21-26(19-20-30(24)29-17-11-14-27(22-29)23-39)13-12-18-31(32-36(44)46-38(6,7)45-32)34(42)41-33(37(3,4)5)35(43)40-25(2)28-15-9-8-10-16-28/h8-17,19-22,25,31-33H,18H2,1-7H3,(H,40,43)(H,41,42)/b13-12+/t25?,31-,32?,33-/m1/s1. The van der Waals surface area contributed by atoms with Crippen molar-refractivity contribution in [1.29, 1.82) is 5.26 Å². The minimum absolute atomic E-state index is 0.172. The molecule has 1 heterocycles. The second kappa shape index (κ2) is 14.1. The second-order valence-corrected chi connectivity index (χ2v) is 13.3. The van der Waals surface area contributed by atoms with Gasteiger partial charge in [0, 0.05) is 13.8 Å². The van der Waals surface area contributed by atoms with E-state index in [1.165, 1.54) is 0 Å². The van der Waals surface area contributed by atoms with Crippen LogP contribution in [0.3, 0.4) is 0 Å². The van der Waals surface area contributed by atoms with E-state index in [9.17, 15) is 19.6 Å². The van der Waals surface area contributed by atoms with Crippen LogP contribution in [0.5, 0.6) is 0 Å². The molecule has 2 N–H and O–H groups in total. The van der Waals surface area contributed by atoms with E-state index in [-0.39, 0.29) is 18.4 Å². The number of carbonyl (C=O) groups excluding carboxylic acids is 3. The van der Waals surface area contributed by atoms with Gasteiger partial charge in [0.2, 0.25) is 17.6 Å². The molecular formula is C38H43N3O5. The topological polar surface area (TPSA) is 118 Å². The first-order valence-corrected chi connectivity index (χ1v) is 15.5. The molecule has 0 saturated carbocycles. The zero-order valence-corrected chi connectivity index (χ0v) is 27.6. The molecule has 4 atom stereocenters. The lowest BCUT2D eigenvalue weighted by atomic mass is 9.85. The van der Waals surface area contributed by atoms with Crippen molar-refractivity contribution in [3.05, 3.63) is 101 Å². The predicted octanol–water partition coefficient (Wildman–Crippen LogP) is 6.64. The fourth-order valence-corrected chi connectivity index (χ4v) is 5.56. The van der Waals surface area contributed by atoms with Crippen molar-refractivity contribution in [2.75, 3.05) is 0 Å². The summed E-state index contributed by atoms with van der Waals surface area (Å²) in [6.45, 7) is 12.8. The van der Waals surface area contributed by atoms with Crippen molar-refractivity contribution in [2.45, 2.75) is 78.9 Å². The van der Waals surface area contributed by atoms with Gasteiger partial charge in [-0.05, 0) is 65.6 Å². The van der Waals surface area contributed by atoms with Crippen LogP contribution >= 0.6 is 0 Å². The number of amides is 2. The lowest BCUT2D eigenvalue weighted by molar-refractivity contribution is -0.162. The molecule has 2 amide bonds. The molecule has 3 aromatic rings. The summed E-state index contributed by atoms with van der Waals surface area (Å²) in [6.07, 6.45) is 2.76. The van der Waals surface area contributed by atoms with E-state index in [4.69, 9.17) is 9.47 Å². The number of benzene rings is 3. The zero-order chi connectivity index (χ0) is 33.6. The number of rotatable bonds is 10. The Morgan fingerprint density at radius 1 is 1.00 bits per heavy atom. The first-order chi connectivity index (χ1) is 21.7. The van der Waals surface area contributed by atoms with E-state index in [1.54, 1.807) is 19.9 Å². The number of cyclic esters (lactones) is 1. The first-order valence-electron chi connectivity index (χ1n) is 15.5. The zero-order valence-electron chi connectivity index (χ0n) is 27.6. The van der Waals surface area contributed by atoms with Crippen molar-refractivity contribution in [1.82, 2.24) is 10.6 Å². The second-order valence-electron chi connectivity index (χ2n) is 13.3. The average Bonchev–Trinajstić information content (AvgIpc) is 3.28. The Bertz CT molecular complexity index is 1650. The number of allylic oxidation sites excluding steroid dienone is 1. The van der Waals surface area contributed by atoms with Crippen LogP contribution in [0.4, 0.5) is 0 Å². The number of nitriles is 1. The van der Waals surface area contributed by atoms with Crippen LogP contribution in [0.1, 0.15) is 76.3 Å². The van der Waals surface area contributed by atoms with Crippen LogP contribution in [0, 0.1) is 29.6 Å². The van der Waals surface area contributed by atoms with Gasteiger partial charge in [0.25, 0.3) is 0 Å². The summed E-state index contributed by atoms with van der Waals surface area (Å²) in [5.41, 5.74) is 4.83. The van der Waals surface area contributed by atoms with Crippen molar-refractivity contribution in [3.8, 4) is 17.2 Å². The summed E-state index contributed by atoms with van der Waals surface area (Å²) >= 11 is 0. The van der Waals surface area contributed by atoms with E-state index in [0.29, 0.717) is 5.56 Å². The van der Waals surface area contributed by atoms with Crippen molar-refractivity contribution >= 4 is 23.9 Å². The Kier molecular flexibility index (Phi) is 10.5. The van der Waals surface area contributed by atoms with Crippen molar-refractivity contribution in [3.63, 3.8) is 0 Å². The Labute approximate surface area is 271 Å². The summed E-state index contributed by atoms with van der Waals surface area (Å²) in [4.78, 5) is 40.4. The molecule has 1 fully saturated rings. The summed E-state index contributed by atoms with van der Waals surface area (Å²) in [5.74, 6) is -3.53. The fraction of sp³-hybridized carbons (Fsp3) is 0.368. The van der Waals surface area contributed by atoms with Gasteiger partial charge in [-0.15, -0.1) is 0 Å². The maximum absolute atomic E-state index is 13.9. The SMILES string of the molecule is Cc1cc(/C=C/C[C@@H](C(=O)N[C@H](C(=O)NC(C)c2ccccc2)C(C)(C)C)C2OC(C)(C)OC2=O)ccc1-c1cccc(C#N)c1. The quantitative estimate of drug-likeness (QED) is 0.245. The normalized spacial score (nSPS) is 17.9. The number of aryl methyl sites for hydroxylation is 1. The third-order valence-electron chi connectivity index (χ3n) is 8.02. The van der Waals surface area contributed by atoms with E-state index in [0.717, 1.165) is 27.8 Å². The molecule has 0 aliphatic carbocycles. The van der Waals surface area contributed by atoms with Crippen LogP contribution in [-0.2, 0) is 23.9 Å². The molecule has 2 unspecified atom stereocenters. The average molecular weight is 622 g/mol. The largest absolute Gasteiger partial charge is 0.432 e. The molecule has 0 aromatic heterocycles. The number of esters is 1. The van der Waals surface area contributed by atoms with Crippen LogP contribution in [0.25, 0.3) is 17.2 Å². The highest BCUT2D eigenvalue weighted by Gasteiger charge is 2.48. The summed E-state index contributed by atoms with van der Waals surface area (Å²) in [6, 6.07) is 24.1. The van der Waals surface area contributed by atoms with Crippen molar-refractivity contribution < 1.29 is 23.9 Å². The van der Waals surface area contributed by atoms with Crippen molar-refractivity contribution in [2.24, 2.45) is 11.3 Å². The Morgan fingerprint density at radius 2 is 1.72 bits per heavy atom. The first kappa shape index (κ1) is 34.1. The van der Waals surface area contributed by atoms with Gasteiger partial charge < -0.3 is 20.1 Å². The number of hydrogen-bond acceptors (Lipinski definition) is 6. The monoisotopic (exact) mass is 621 g/mol. The minimum Gasteiger partial charge on any atom is -0.432 e. The number of nitrogens with one attached hydrogen (secondary N) is 2. The lowest BCUT2D eigenvalue weighted by Gasteiger charge is -2.33. The van der Waals surface area contributed by atoms with Crippen LogP contribution in [-0.4, -0.2) is 35.7 Å². The number of carbonyl (C=O) groups is 3. The van der Waals surface area contributed by atoms with Gasteiger partial charge in [0.1, 0.15) is 6.04 Å². The highest BCUT2D eigenvalue weighted by molar-refractivity contribution is 5.92. The van der Waals surface area contributed by atoms with Gasteiger partial charge in [-0.3, -0.25) is 9.59 Å². The fourth-order valence-electron chi connectivity index (χ4n) is 5.56. The number of nitrogens with zero attached hydrogens (tertiary/aromatic N) is 1. The molecule has 0 radical (unpaired) electrons. The molecule has 4 rings (SSSR count). The van der Waals surface area contributed by atoms with Gasteiger partial charge in [-0.1, -0.05) is 93.6 Å². The van der Waals surface area contributed by atoms with Crippen LogP contribution < -0.4 is 10.6 Å². The van der Waals surface area contributed by atoms with Gasteiger partial charge >= 0.3 is 5.97 Å². The maximum atomic E-state index is 13.9. The highest BCUT2D eigenvalue weighted by Crippen LogP contribution is 2.32. The smallest absolute Gasteiger partial charge is 0.338 e. The Hall–Kier alpha value is -4.74. The van der Waals surface area contributed by atoms with Crippen LogP contribution in [0.15, 0.2) is 78.9 Å². The summed E-state index contributed by atoms with van der Waals surface area (Å²) in [5, 5.41) is 15.2. The van der Waals surface area contributed by atoms with E-state index in [1.807, 2.05) is 114 Å². The Morgan fingerprint density at radius 3 is 2.33 bits per heavy atom. The predicted molar refractivity (Wildman–Crippen MR) is 178 cm³/mol. The van der Waals surface area contributed by atoms with Gasteiger partial charge in [0.15, 0.2) is 6.10 Å². The Balaban J connectivity index is 1.54. The van der Waals surface area contributed by atoms with Crippen LogP contribution in [0.2, 0.25) is 0 Å². The maximum Gasteiger partial charge on any atom is 0.338 e. The molecule has 3 aromatic carbocycles. The third-order valence-corrected chi connectivity index (χ3v) is 8.02. The number of ether oxygens (including phenoxy) is 2. The third kappa shape index (κ3) is 8.49. The molecule has 8 heteroatoms. The molecule has 1 saturated heterocycles. The molecular weight excluding hydrogens is 578 g/mol. The minimum atomic E-state index is -1.17. The number of hydrogen-bond donors (Lipinski definition) is 2. The summed E-state index contributed by atoms with van der Waals surface area (Å²) < 4.78 is 11.3. The highest BCUT2D eigenvalue weighted by atomic mass is 16.8. The van der Waals surface area contributed by atoms with E-state index < -0.39 is 41.1 Å². The van der Waals surface area contributed by atoms with Gasteiger partial charge in [-0.2, -0.15) is 5.26 Å². The van der Waals surface area contributed by atoms with E-state index >= 15 is 0 Å². The lowest BCUT2D eigenvalue weighted by Crippen LogP contribution is -2.56. The molecule has 1 aliphatic heterocycles.